The zero-order chi connectivity index (χ0) is 24.7. The van der Waals surface area contributed by atoms with Crippen molar-refractivity contribution in [3.8, 4) is 11.8 Å². The van der Waals surface area contributed by atoms with Gasteiger partial charge in [-0.15, -0.1) is 0 Å². The molecule has 2 heterocycles. The van der Waals surface area contributed by atoms with Gasteiger partial charge in [-0.1, -0.05) is 0 Å². The van der Waals surface area contributed by atoms with Gasteiger partial charge in [0.25, 0.3) is 5.91 Å². The van der Waals surface area contributed by atoms with E-state index in [-0.39, 0.29) is 16.9 Å². The zero-order valence-corrected chi connectivity index (χ0v) is 19.5. The van der Waals surface area contributed by atoms with E-state index in [0.29, 0.717) is 11.4 Å². The molecule has 0 unspecified atom stereocenters. The Balaban J connectivity index is 1.63. The molecule has 2 fully saturated rings. The highest BCUT2D eigenvalue weighted by Gasteiger charge is 2.50. The van der Waals surface area contributed by atoms with Crippen LogP contribution in [0.5, 0.6) is 5.75 Å². The molecule has 2 aromatic carbocycles. The summed E-state index contributed by atoms with van der Waals surface area (Å²) in [5, 5.41) is 12.4. The molecule has 2 aliphatic rings. The number of halogens is 3. The highest BCUT2D eigenvalue weighted by Crippen LogP contribution is 2.40. The fourth-order valence-electron chi connectivity index (χ4n) is 4.24. The van der Waals surface area contributed by atoms with E-state index >= 15 is 0 Å². The molecule has 1 N–H and O–H groups in total. The lowest BCUT2D eigenvalue weighted by molar-refractivity contribution is -0.137. The molecule has 0 saturated carbocycles. The van der Waals surface area contributed by atoms with Gasteiger partial charge < -0.3 is 15.0 Å². The summed E-state index contributed by atoms with van der Waals surface area (Å²) in [6.07, 6.45) is -2.78. The van der Waals surface area contributed by atoms with Gasteiger partial charge in [0.15, 0.2) is 5.11 Å². The van der Waals surface area contributed by atoms with Gasteiger partial charge in [0.1, 0.15) is 17.4 Å². The van der Waals surface area contributed by atoms with Crippen LogP contribution in [0.3, 0.4) is 0 Å². The predicted octanol–water partition coefficient (Wildman–Crippen LogP) is 4.62. The minimum atomic E-state index is -4.75. The molecular weight excluding hydrogens is 465 g/mol. The Hall–Kier alpha value is -3.16. The molecule has 2 aliphatic heterocycles. The van der Waals surface area contributed by atoms with Crippen LogP contribution in [0.15, 0.2) is 42.5 Å². The van der Waals surface area contributed by atoms with E-state index in [1.807, 2.05) is 0 Å². The van der Waals surface area contributed by atoms with Gasteiger partial charge in [-0.05, 0) is 94.5 Å². The average Bonchev–Trinajstić information content (AvgIpc) is 2.98. The van der Waals surface area contributed by atoms with Crippen molar-refractivity contribution in [3.05, 3.63) is 53.6 Å². The number of alkyl halides is 3. The van der Waals surface area contributed by atoms with E-state index in [4.69, 9.17) is 22.2 Å². The molecule has 0 aromatic heterocycles. The van der Waals surface area contributed by atoms with Crippen LogP contribution < -0.4 is 19.9 Å². The standard InChI is InChI=1S/C24H23F3N4O2S/c1-23(2)21(32)30(17-4-3-15(14-28)20(13-17)24(25,26)27)22(34)31(23)16-5-7-18(8-6-16)33-19-9-11-29-12-10-19/h3-8,13,19,29H,9-12H2,1-2H3. The molecule has 178 valence electrons. The number of hydrogen-bond donors (Lipinski definition) is 1. The second-order valence-electron chi connectivity index (χ2n) is 8.72. The van der Waals surface area contributed by atoms with Gasteiger partial charge in [-0.2, -0.15) is 18.4 Å². The quantitative estimate of drug-likeness (QED) is 0.634. The predicted molar refractivity (Wildman–Crippen MR) is 126 cm³/mol. The van der Waals surface area contributed by atoms with Crippen molar-refractivity contribution in [1.29, 1.82) is 5.26 Å². The van der Waals surface area contributed by atoms with Crippen molar-refractivity contribution in [3.63, 3.8) is 0 Å². The van der Waals surface area contributed by atoms with Gasteiger partial charge in [0, 0.05) is 5.69 Å². The molecule has 6 nitrogen and oxygen atoms in total. The van der Waals surface area contributed by atoms with E-state index in [1.165, 1.54) is 6.07 Å². The van der Waals surface area contributed by atoms with E-state index in [0.717, 1.165) is 43.0 Å². The van der Waals surface area contributed by atoms with E-state index in [9.17, 15) is 18.0 Å². The first-order valence-electron chi connectivity index (χ1n) is 10.8. The van der Waals surface area contributed by atoms with Crippen molar-refractivity contribution in [2.75, 3.05) is 22.9 Å². The molecule has 4 rings (SSSR count). The first-order chi connectivity index (χ1) is 16.0. The second kappa shape index (κ2) is 8.89. The number of nitrogens with one attached hydrogen (secondary N) is 1. The zero-order valence-electron chi connectivity index (χ0n) is 18.6. The highest BCUT2D eigenvalue weighted by molar-refractivity contribution is 7.81. The van der Waals surface area contributed by atoms with Crippen LogP contribution in [0, 0.1) is 11.3 Å². The third-order valence-electron chi connectivity index (χ3n) is 6.04. The smallest absolute Gasteiger partial charge is 0.417 e. The Morgan fingerprint density at radius 1 is 1.12 bits per heavy atom. The summed E-state index contributed by atoms with van der Waals surface area (Å²) in [6, 6.07) is 11.8. The maximum atomic E-state index is 13.5. The molecule has 2 saturated heterocycles. The maximum absolute atomic E-state index is 13.5. The Kier molecular flexibility index (Phi) is 6.27. The van der Waals surface area contributed by atoms with E-state index in [1.54, 1.807) is 49.1 Å². The topological polar surface area (TPSA) is 68.6 Å². The molecule has 1 amide bonds. The maximum Gasteiger partial charge on any atom is 0.417 e. The lowest BCUT2D eigenvalue weighted by Gasteiger charge is -2.30. The van der Waals surface area contributed by atoms with Crippen LogP contribution in [0.1, 0.15) is 37.8 Å². The van der Waals surface area contributed by atoms with Gasteiger partial charge in [0.2, 0.25) is 0 Å². The Morgan fingerprint density at radius 2 is 1.74 bits per heavy atom. The van der Waals surface area contributed by atoms with Gasteiger partial charge in [0.05, 0.1) is 22.9 Å². The summed E-state index contributed by atoms with van der Waals surface area (Å²) in [5.74, 6) is 0.231. The molecule has 0 atom stereocenters. The van der Waals surface area contributed by atoms with E-state index in [2.05, 4.69) is 5.32 Å². The van der Waals surface area contributed by atoms with Gasteiger partial charge in [-0.3, -0.25) is 9.69 Å². The summed E-state index contributed by atoms with van der Waals surface area (Å²) in [6.45, 7) is 5.13. The summed E-state index contributed by atoms with van der Waals surface area (Å²) in [7, 11) is 0. The number of amides is 1. The van der Waals surface area contributed by atoms with Crippen LogP contribution in [-0.2, 0) is 11.0 Å². The summed E-state index contributed by atoms with van der Waals surface area (Å²) in [4.78, 5) is 16.0. The number of anilines is 2. The molecule has 0 bridgehead atoms. The lowest BCUT2D eigenvalue weighted by Crippen LogP contribution is -2.44. The van der Waals surface area contributed by atoms with Crippen LogP contribution in [0.2, 0.25) is 0 Å². The van der Waals surface area contributed by atoms with E-state index < -0.39 is 28.7 Å². The Labute approximate surface area is 200 Å². The third-order valence-corrected chi connectivity index (χ3v) is 6.40. The minimum absolute atomic E-state index is 0.0391. The van der Waals surface area contributed by atoms with Crippen LogP contribution >= 0.6 is 12.2 Å². The van der Waals surface area contributed by atoms with Crippen molar-refractivity contribution in [2.45, 2.75) is 44.5 Å². The van der Waals surface area contributed by atoms with Gasteiger partial charge in [-0.25, -0.2) is 0 Å². The number of nitriles is 1. The molecule has 34 heavy (non-hydrogen) atoms. The number of nitrogens with zero attached hydrogens (tertiary/aromatic N) is 3. The average molecular weight is 489 g/mol. The van der Waals surface area contributed by atoms with Crippen molar-refractivity contribution in [2.24, 2.45) is 0 Å². The molecule has 0 radical (unpaired) electrons. The Morgan fingerprint density at radius 3 is 2.32 bits per heavy atom. The van der Waals surface area contributed by atoms with Crippen molar-refractivity contribution < 1.29 is 22.7 Å². The third kappa shape index (κ3) is 4.33. The van der Waals surface area contributed by atoms with Crippen LogP contribution in [0.4, 0.5) is 24.5 Å². The highest BCUT2D eigenvalue weighted by atomic mass is 32.1. The molecule has 0 aliphatic carbocycles. The Bertz CT molecular complexity index is 1150. The second-order valence-corrected chi connectivity index (χ2v) is 9.08. The number of ether oxygens (including phenoxy) is 1. The monoisotopic (exact) mass is 488 g/mol. The molecule has 10 heteroatoms. The van der Waals surface area contributed by atoms with Crippen molar-refractivity contribution >= 4 is 34.6 Å². The first kappa shape index (κ1) is 24.0. The fourth-order valence-corrected chi connectivity index (χ4v) is 4.76. The number of carbonyl (C=O) groups is 1. The number of piperidine rings is 1. The lowest BCUT2D eigenvalue weighted by atomic mass is 10.0. The molecule has 0 spiro atoms. The number of hydrogen-bond acceptors (Lipinski definition) is 5. The number of carbonyl (C=O) groups excluding carboxylic acids is 1. The van der Waals surface area contributed by atoms with Crippen LogP contribution in [-0.4, -0.2) is 35.8 Å². The summed E-state index contributed by atoms with van der Waals surface area (Å²) in [5.41, 5.74) is -2.19. The van der Waals surface area contributed by atoms with Crippen LogP contribution in [0.25, 0.3) is 0 Å². The summed E-state index contributed by atoms with van der Waals surface area (Å²) >= 11 is 5.56. The SMILES string of the molecule is CC1(C)C(=O)N(c2ccc(C#N)c(C(F)(F)F)c2)C(=S)N1c1ccc(OC2CCNCC2)cc1. The number of rotatable bonds is 4. The summed E-state index contributed by atoms with van der Waals surface area (Å²) < 4.78 is 46.5. The minimum Gasteiger partial charge on any atom is -0.490 e. The van der Waals surface area contributed by atoms with Gasteiger partial charge >= 0.3 is 6.18 Å². The first-order valence-corrected chi connectivity index (χ1v) is 11.2. The number of thiocarbonyl (C=S) groups is 1. The fraction of sp³-hybridized carbons (Fsp3) is 0.375. The normalized spacial score (nSPS) is 18.8. The molecule has 2 aromatic rings. The van der Waals surface area contributed by atoms with Crippen molar-refractivity contribution in [1.82, 2.24) is 5.32 Å². The largest absolute Gasteiger partial charge is 0.490 e. The number of benzene rings is 2. The molecular formula is C24H23F3N4O2S.